The Morgan fingerprint density at radius 1 is 1.15 bits per heavy atom. The summed E-state index contributed by atoms with van der Waals surface area (Å²) in [5.41, 5.74) is 0.546. The van der Waals surface area contributed by atoms with E-state index in [4.69, 9.17) is 9.47 Å². The van der Waals surface area contributed by atoms with E-state index in [2.05, 4.69) is 0 Å². The summed E-state index contributed by atoms with van der Waals surface area (Å²) in [6, 6.07) is 8.90. The number of hydrogen-bond donors (Lipinski definition) is 0. The standard InChI is InChI=1S/C16H22O4/c1-4-15(17)19-11-12(2)10-13(3)20-16(18)14-8-6-5-7-9-14/h5-9,12-13H,4,10-11H2,1-3H3. The van der Waals surface area contributed by atoms with Gasteiger partial charge in [-0.1, -0.05) is 32.0 Å². The van der Waals surface area contributed by atoms with Crippen molar-refractivity contribution in [2.75, 3.05) is 6.61 Å². The van der Waals surface area contributed by atoms with Crippen molar-refractivity contribution in [1.82, 2.24) is 0 Å². The van der Waals surface area contributed by atoms with Crippen LogP contribution in [-0.4, -0.2) is 24.6 Å². The molecule has 0 spiro atoms. The largest absolute Gasteiger partial charge is 0.465 e. The third-order valence-electron chi connectivity index (χ3n) is 2.87. The molecular weight excluding hydrogens is 256 g/mol. The van der Waals surface area contributed by atoms with E-state index >= 15 is 0 Å². The number of carbonyl (C=O) groups is 2. The highest BCUT2D eigenvalue weighted by atomic mass is 16.5. The van der Waals surface area contributed by atoms with Crippen molar-refractivity contribution in [3.8, 4) is 0 Å². The lowest BCUT2D eigenvalue weighted by Gasteiger charge is -2.18. The zero-order chi connectivity index (χ0) is 15.0. The summed E-state index contributed by atoms with van der Waals surface area (Å²) in [6.07, 6.45) is 0.832. The van der Waals surface area contributed by atoms with Crippen LogP contribution >= 0.6 is 0 Å². The quantitative estimate of drug-likeness (QED) is 0.719. The van der Waals surface area contributed by atoms with Crippen LogP contribution < -0.4 is 0 Å². The molecule has 0 N–H and O–H groups in total. The van der Waals surface area contributed by atoms with Crippen molar-refractivity contribution >= 4 is 11.9 Å². The van der Waals surface area contributed by atoms with Crippen LogP contribution in [0.4, 0.5) is 0 Å². The molecule has 20 heavy (non-hydrogen) atoms. The lowest BCUT2D eigenvalue weighted by Crippen LogP contribution is -2.20. The van der Waals surface area contributed by atoms with E-state index in [1.807, 2.05) is 19.9 Å². The second-order valence-corrected chi connectivity index (χ2v) is 4.96. The van der Waals surface area contributed by atoms with Crippen molar-refractivity contribution in [1.29, 1.82) is 0 Å². The maximum Gasteiger partial charge on any atom is 0.338 e. The van der Waals surface area contributed by atoms with E-state index in [-0.39, 0.29) is 24.0 Å². The van der Waals surface area contributed by atoms with Gasteiger partial charge >= 0.3 is 11.9 Å². The number of hydrogen-bond acceptors (Lipinski definition) is 4. The Morgan fingerprint density at radius 3 is 2.40 bits per heavy atom. The minimum absolute atomic E-state index is 0.157. The number of rotatable bonds is 7. The fourth-order valence-electron chi connectivity index (χ4n) is 1.85. The molecule has 0 aliphatic heterocycles. The predicted molar refractivity (Wildman–Crippen MR) is 76.4 cm³/mol. The topological polar surface area (TPSA) is 52.6 Å². The summed E-state index contributed by atoms with van der Waals surface area (Å²) in [4.78, 5) is 22.9. The molecule has 4 heteroatoms. The SMILES string of the molecule is CCC(=O)OCC(C)CC(C)OC(=O)c1ccccc1. The Morgan fingerprint density at radius 2 is 1.80 bits per heavy atom. The molecule has 0 heterocycles. The van der Waals surface area contributed by atoms with Crippen LogP contribution in [0.3, 0.4) is 0 Å². The Balaban J connectivity index is 2.34. The summed E-state index contributed by atoms with van der Waals surface area (Å²) < 4.78 is 10.4. The van der Waals surface area contributed by atoms with E-state index in [9.17, 15) is 9.59 Å². The van der Waals surface area contributed by atoms with Crippen molar-refractivity contribution in [3.63, 3.8) is 0 Å². The molecular formula is C16H22O4. The number of carbonyl (C=O) groups excluding carboxylic acids is 2. The maximum absolute atomic E-state index is 11.8. The molecule has 2 unspecified atom stereocenters. The van der Waals surface area contributed by atoms with Gasteiger partial charge in [0.1, 0.15) is 0 Å². The smallest absolute Gasteiger partial charge is 0.338 e. The normalized spacial score (nSPS) is 13.3. The van der Waals surface area contributed by atoms with Crippen molar-refractivity contribution in [3.05, 3.63) is 35.9 Å². The van der Waals surface area contributed by atoms with Crippen LogP contribution in [0.15, 0.2) is 30.3 Å². The molecule has 0 aliphatic rings. The minimum Gasteiger partial charge on any atom is -0.465 e. The van der Waals surface area contributed by atoms with Gasteiger partial charge in [0.15, 0.2) is 0 Å². The molecule has 2 atom stereocenters. The highest BCUT2D eigenvalue weighted by Gasteiger charge is 2.15. The molecule has 0 aromatic heterocycles. The predicted octanol–water partition coefficient (Wildman–Crippen LogP) is 3.21. The molecule has 4 nitrogen and oxygen atoms in total. The molecule has 0 saturated heterocycles. The summed E-state index contributed by atoms with van der Waals surface area (Å²) in [7, 11) is 0. The highest BCUT2D eigenvalue weighted by Crippen LogP contribution is 2.12. The molecule has 1 aromatic rings. The summed E-state index contributed by atoms with van der Waals surface area (Å²) in [6.45, 7) is 5.94. The van der Waals surface area contributed by atoms with E-state index in [0.717, 1.165) is 0 Å². The maximum atomic E-state index is 11.8. The summed E-state index contributed by atoms with van der Waals surface area (Å²) in [5, 5.41) is 0. The van der Waals surface area contributed by atoms with Gasteiger partial charge in [-0.3, -0.25) is 4.79 Å². The number of esters is 2. The van der Waals surface area contributed by atoms with Crippen LogP contribution in [0.1, 0.15) is 44.0 Å². The lowest BCUT2D eigenvalue weighted by molar-refractivity contribution is -0.144. The summed E-state index contributed by atoms with van der Waals surface area (Å²) >= 11 is 0. The first-order chi connectivity index (χ1) is 9.52. The van der Waals surface area contributed by atoms with Crippen LogP contribution in [0.5, 0.6) is 0 Å². The minimum atomic E-state index is -0.323. The Hall–Kier alpha value is -1.84. The van der Waals surface area contributed by atoms with Crippen LogP contribution in [0.2, 0.25) is 0 Å². The van der Waals surface area contributed by atoms with E-state index in [1.165, 1.54) is 0 Å². The molecule has 0 amide bonds. The van der Waals surface area contributed by atoms with E-state index in [0.29, 0.717) is 25.0 Å². The van der Waals surface area contributed by atoms with Gasteiger partial charge < -0.3 is 9.47 Å². The molecule has 110 valence electrons. The Bertz CT molecular complexity index is 427. The first kappa shape index (κ1) is 16.2. The van der Waals surface area contributed by atoms with Crippen LogP contribution in [0, 0.1) is 5.92 Å². The van der Waals surface area contributed by atoms with E-state index in [1.54, 1.807) is 31.2 Å². The van der Waals surface area contributed by atoms with Gasteiger partial charge in [-0.05, 0) is 31.4 Å². The van der Waals surface area contributed by atoms with Gasteiger partial charge in [-0.25, -0.2) is 4.79 Å². The average Bonchev–Trinajstić information content (AvgIpc) is 2.45. The fraction of sp³-hybridized carbons (Fsp3) is 0.500. The van der Waals surface area contributed by atoms with Gasteiger partial charge in [-0.2, -0.15) is 0 Å². The van der Waals surface area contributed by atoms with Gasteiger partial charge in [-0.15, -0.1) is 0 Å². The van der Waals surface area contributed by atoms with Crippen molar-refractivity contribution < 1.29 is 19.1 Å². The average molecular weight is 278 g/mol. The molecule has 1 rings (SSSR count). The zero-order valence-electron chi connectivity index (χ0n) is 12.3. The number of benzene rings is 1. The van der Waals surface area contributed by atoms with Crippen LogP contribution in [0.25, 0.3) is 0 Å². The molecule has 0 radical (unpaired) electrons. The second-order valence-electron chi connectivity index (χ2n) is 4.96. The van der Waals surface area contributed by atoms with E-state index < -0.39 is 0 Å². The first-order valence-electron chi connectivity index (χ1n) is 6.94. The summed E-state index contributed by atoms with van der Waals surface area (Å²) in [5.74, 6) is -0.370. The highest BCUT2D eigenvalue weighted by molar-refractivity contribution is 5.89. The molecule has 0 bridgehead atoms. The lowest BCUT2D eigenvalue weighted by atomic mass is 10.1. The molecule has 0 aliphatic carbocycles. The second kappa shape index (κ2) is 8.35. The molecule has 1 aromatic carbocycles. The van der Waals surface area contributed by atoms with Crippen molar-refractivity contribution in [2.24, 2.45) is 5.92 Å². The van der Waals surface area contributed by atoms with Gasteiger partial charge in [0.25, 0.3) is 0 Å². The Labute approximate surface area is 120 Å². The molecule has 0 saturated carbocycles. The third kappa shape index (κ3) is 5.87. The van der Waals surface area contributed by atoms with Crippen molar-refractivity contribution in [2.45, 2.75) is 39.7 Å². The fourth-order valence-corrected chi connectivity index (χ4v) is 1.85. The third-order valence-corrected chi connectivity index (χ3v) is 2.87. The molecule has 0 fully saturated rings. The first-order valence-corrected chi connectivity index (χ1v) is 6.94. The zero-order valence-corrected chi connectivity index (χ0v) is 12.3. The Kier molecular flexibility index (Phi) is 6.77. The monoisotopic (exact) mass is 278 g/mol. The van der Waals surface area contributed by atoms with Crippen LogP contribution in [-0.2, 0) is 14.3 Å². The number of ether oxygens (including phenoxy) is 2. The van der Waals surface area contributed by atoms with Gasteiger partial charge in [0, 0.05) is 6.42 Å². The van der Waals surface area contributed by atoms with Gasteiger partial charge in [0.2, 0.25) is 0 Å². The van der Waals surface area contributed by atoms with Gasteiger partial charge in [0.05, 0.1) is 18.3 Å².